The molecule has 2 aromatic heterocycles. The number of sulfonamides is 1. The molecule has 2 aliphatic rings. The molecule has 1 aliphatic carbocycles. The predicted octanol–water partition coefficient (Wildman–Crippen LogP) is 2.06. The van der Waals surface area contributed by atoms with Crippen LogP contribution < -0.4 is 16.4 Å². The number of hydrogen-bond acceptors (Lipinski definition) is 11. The summed E-state index contributed by atoms with van der Waals surface area (Å²) >= 11 is 0. The molecule has 49 heavy (non-hydrogen) atoms. The van der Waals surface area contributed by atoms with Gasteiger partial charge in [-0.2, -0.15) is 9.52 Å². The molecule has 14 nitrogen and oxygen atoms in total. The summed E-state index contributed by atoms with van der Waals surface area (Å²) in [7, 11) is -1.70. The second kappa shape index (κ2) is 15.0. The minimum Gasteiger partial charge on any atom is -0.330 e. The van der Waals surface area contributed by atoms with Crippen molar-refractivity contribution in [3.8, 4) is 22.5 Å². The zero-order valence-electron chi connectivity index (χ0n) is 27.5. The summed E-state index contributed by atoms with van der Waals surface area (Å²) in [6.45, 7) is 2.80. The van der Waals surface area contributed by atoms with Crippen molar-refractivity contribution in [1.29, 1.82) is 0 Å². The first-order valence-corrected chi connectivity index (χ1v) is 18.0. The number of likely N-dealkylation sites (N-methyl/N-ethyl adjacent to an activating group) is 1. The van der Waals surface area contributed by atoms with Crippen LogP contribution in [-0.2, 0) is 26.0 Å². The van der Waals surface area contributed by atoms with Crippen LogP contribution in [0.4, 0.5) is 5.69 Å². The number of aromatic nitrogens is 5. The molecule has 0 bridgehead atoms. The Labute approximate surface area is 285 Å². The third-order valence-corrected chi connectivity index (χ3v) is 11.4. The van der Waals surface area contributed by atoms with Crippen LogP contribution in [0, 0.1) is 11.8 Å². The number of anilines is 1. The van der Waals surface area contributed by atoms with Crippen molar-refractivity contribution in [2.45, 2.75) is 43.0 Å². The van der Waals surface area contributed by atoms with Crippen molar-refractivity contribution in [2.75, 3.05) is 44.7 Å². The van der Waals surface area contributed by atoms with Gasteiger partial charge in [0.1, 0.15) is 4.90 Å². The number of pyridine rings is 1. The maximum Gasteiger partial charge on any atom is 0.251 e. The van der Waals surface area contributed by atoms with Crippen LogP contribution in [0.2, 0.25) is 0 Å². The number of hydrogen-bond donors (Lipinski definition) is 3. The van der Waals surface area contributed by atoms with E-state index in [1.807, 2.05) is 31.3 Å². The highest BCUT2D eigenvalue weighted by molar-refractivity contribution is 7.89. The van der Waals surface area contributed by atoms with E-state index in [9.17, 15) is 18.0 Å². The Kier molecular flexibility index (Phi) is 10.6. The number of imide groups is 1. The lowest BCUT2D eigenvalue weighted by atomic mass is 9.81. The van der Waals surface area contributed by atoms with Gasteiger partial charge in [0.15, 0.2) is 0 Å². The molecule has 1 saturated carbocycles. The van der Waals surface area contributed by atoms with Gasteiger partial charge < -0.3 is 16.4 Å². The van der Waals surface area contributed by atoms with Crippen molar-refractivity contribution in [2.24, 2.45) is 23.3 Å². The molecule has 5 N–H and O–H groups in total. The van der Waals surface area contributed by atoms with E-state index in [-0.39, 0.29) is 23.1 Å². The number of nitrogens with zero attached hydrogens (tertiary/aromatic N) is 7. The number of rotatable bonds is 10. The molecule has 3 heterocycles. The first kappa shape index (κ1) is 34.5. The highest BCUT2D eigenvalue weighted by Crippen LogP contribution is 2.32. The Hall–Kier alpha value is -4.41. The average Bonchev–Trinajstić information content (AvgIpc) is 3.68. The van der Waals surface area contributed by atoms with Gasteiger partial charge in [0.2, 0.25) is 21.8 Å². The van der Waals surface area contributed by atoms with Gasteiger partial charge in [-0.05, 0) is 98.3 Å². The summed E-state index contributed by atoms with van der Waals surface area (Å²) in [6.07, 6.45) is 6.20. The van der Waals surface area contributed by atoms with Crippen molar-refractivity contribution in [1.82, 2.24) is 34.8 Å². The van der Waals surface area contributed by atoms with Crippen LogP contribution >= 0.6 is 0 Å². The molecule has 2 aromatic carbocycles. The van der Waals surface area contributed by atoms with Crippen LogP contribution in [0.3, 0.4) is 0 Å². The second-order valence-corrected chi connectivity index (χ2v) is 14.8. The monoisotopic (exact) mass is 686 g/mol. The third kappa shape index (κ3) is 7.76. The van der Waals surface area contributed by atoms with E-state index in [0.717, 1.165) is 24.0 Å². The molecule has 1 atom stereocenters. The number of aromatic amines is 1. The zero-order chi connectivity index (χ0) is 34.5. The molecule has 2 fully saturated rings. The highest BCUT2D eigenvalue weighted by Gasteiger charge is 2.35. The largest absolute Gasteiger partial charge is 0.330 e. The molecule has 15 heteroatoms. The third-order valence-electron chi connectivity index (χ3n) is 9.57. The topological polar surface area (TPSA) is 197 Å². The summed E-state index contributed by atoms with van der Waals surface area (Å²) in [4.78, 5) is 35.6. The van der Waals surface area contributed by atoms with Crippen molar-refractivity contribution in [3.63, 3.8) is 0 Å². The highest BCUT2D eigenvalue weighted by atomic mass is 32.2. The molecule has 2 amide bonds. The van der Waals surface area contributed by atoms with Gasteiger partial charge in [-0.1, -0.05) is 24.3 Å². The summed E-state index contributed by atoms with van der Waals surface area (Å²) in [6, 6.07) is 14.9. The Morgan fingerprint density at radius 3 is 2.24 bits per heavy atom. The molecule has 0 spiro atoms. The van der Waals surface area contributed by atoms with Gasteiger partial charge >= 0.3 is 0 Å². The van der Waals surface area contributed by atoms with E-state index in [0.29, 0.717) is 74.1 Å². The van der Waals surface area contributed by atoms with Crippen LogP contribution in [-0.4, -0.2) is 101 Å². The van der Waals surface area contributed by atoms with E-state index >= 15 is 0 Å². The Morgan fingerprint density at radius 1 is 0.939 bits per heavy atom. The number of carbonyl (C=O) groups excluding carboxylic acids is 2. The van der Waals surface area contributed by atoms with Gasteiger partial charge in [-0.3, -0.25) is 14.6 Å². The van der Waals surface area contributed by atoms with Gasteiger partial charge in [0, 0.05) is 55.6 Å². The average molecular weight is 687 g/mol. The van der Waals surface area contributed by atoms with Crippen molar-refractivity contribution in [3.05, 3.63) is 72.6 Å². The fourth-order valence-electron chi connectivity index (χ4n) is 6.47. The molecular weight excluding hydrogens is 645 g/mol. The minimum atomic E-state index is -3.67. The van der Waals surface area contributed by atoms with Gasteiger partial charge in [0.05, 0.1) is 11.7 Å². The number of piperazine rings is 1. The van der Waals surface area contributed by atoms with Crippen molar-refractivity contribution < 1.29 is 18.0 Å². The number of carbonyl (C=O) groups is 2. The van der Waals surface area contributed by atoms with Crippen molar-refractivity contribution >= 4 is 27.5 Å². The quantitative estimate of drug-likeness (QED) is 0.221. The minimum absolute atomic E-state index is 0.151. The molecule has 1 aliphatic heterocycles. The predicted molar refractivity (Wildman–Crippen MR) is 184 cm³/mol. The number of benzene rings is 2. The van der Waals surface area contributed by atoms with E-state index in [2.05, 4.69) is 30.5 Å². The van der Waals surface area contributed by atoms with E-state index < -0.39 is 22.0 Å². The van der Waals surface area contributed by atoms with Crippen LogP contribution in [0.25, 0.3) is 22.5 Å². The summed E-state index contributed by atoms with van der Waals surface area (Å²) in [5.41, 5.74) is 15.7. The molecule has 0 unspecified atom stereocenters. The van der Waals surface area contributed by atoms with Gasteiger partial charge in [-0.15, -0.1) is 10.2 Å². The van der Waals surface area contributed by atoms with E-state index in [1.54, 1.807) is 36.5 Å². The molecule has 1 saturated heterocycles. The molecule has 6 rings (SSSR count). The molecule has 0 radical (unpaired) electrons. The van der Waals surface area contributed by atoms with E-state index in [4.69, 9.17) is 11.5 Å². The standard InChI is InChI=1S/C34H42N10O4S/c1-42-14-16-43(17-15-42)49(47,48)30-19-28(21-37-22-30)25-6-2-23(3-7-25)18-31(36)34(46)44(33(45)27-8-4-24(20-35)5-9-27)29-12-10-26(11-13-29)32-38-40-41-39-32/h2-3,6-7,10-13,19,21-22,24,27,31H,4-5,8-9,14-18,20,35-36H2,1H3,(H,38,39,40,41)/t24?,27?,31-/m0/s1. The normalized spacial score (nSPS) is 19.7. The SMILES string of the molecule is CN1CCN(S(=O)(=O)c2cncc(-c3ccc(C[C@H](N)C(=O)N(C(=O)C4CCC(CN)CC4)c4ccc(-c5nn[nH]n5)cc4)cc3)c2)CC1. The summed E-state index contributed by atoms with van der Waals surface area (Å²) in [5, 5.41) is 14.0. The number of tetrazole rings is 1. The maximum absolute atomic E-state index is 14.0. The van der Waals surface area contributed by atoms with E-state index in [1.165, 1.54) is 15.4 Å². The smallest absolute Gasteiger partial charge is 0.251 e. The van der Waals surface area contributed by atoms with Crippen LogP contribution in [0.5, 0.6) is 0 Å². The fourth-order valence-corrected chi connectivity index (χ4v) is 7.88. The van der Waals surface area contributed by atoms with Crippen LogP contribution in [0.15, 0.2) is 71.9 Å². The Morgan fingerprint density at radius 2 is 1.61 bits per heavy atom. The number of nitrogens with one attached hydrogen (secondary N) is 1. The molecular formula is C34H42N10O4S. The lowest BCUT2D eigenvalue weighted by molar-refractivity contribution is -0.130. The van der Waals surface area contributed by atoms with Crippen LogP contribution in [0.1, 0.15) is 31.2 Å². The zero-order valence-corrected chi connectivity index (χ0v) is 28.3. The van der Waals surface area contributed by atoms with Gasteiger partial charge in [0.25, 0.3) is 5.91 Å². The summed E-state index contributed by atoms with van der Waals surface area (Å²) in [5.74, 6) is -0.284. The Balaban J connectivity index is 1.18. The summed E-state index contributed by atoms with van der Waals surface area (Å²) < 4.78 is 28.1. The first-order chi connectivity index (χ1) is 23.6. The lowest BCUT2D eigenvalue weighted by Crippen LogP contribution is -2.50. The number of nitrogens with two attached hydrogens (primary N) is 2. The molecule has 258 valence electrons. The first-order valence-electron chi connectivity index (χ1n) is 16.5. The lowest BCUT2D eigenvalue weighted by Gasteiger charge is -2.32. The fraction of sp³-hybridized carbons (Fsp3) is 0.412. The second-order valence-electron chi connectivity index (χ2n) is 12.9. The number of H-pyrrole nitrogens is 1. The molecule has 4 aromatic rings. The van der Waals surface area contributed by atoms with Gasteiger partial charge in [-0.25, -0.2) is 13.3 Å². The maximum atomic E-state index is 14.0. The Bertz CT molecular complexity index is 1840. The number of amides is 2.